The van der Waals surface area contributed by atoms with E-state index in [2.05, 4.69) is 42.2 Å². The van der Waals surface area contributed by atoms with Gasteiger partial charge in [0.15, 0.2) is 0 Å². The molecule has 0 N–H and O–H groups in total. The van der Waals surface area contributed by atoms with E-state index in [9.17, 15) is 13.2 Å². The largest absolute Gasteiger partial charge is 0.490 e. The molecule has 0 radical (unpaired) electrons. The van der Waals surface area contributed by atoms with Gasteiger partial charge in [0.05, 0.1) is 56.8 Å². The molecule has 0 bridgehead atoms. The molecule has 0 aromatic heterocycles. The van der Waals surface area contributed by atoms with Crippen LogP contribution >= 0.6 is 0 Å². The quantitative estimate of drug-likeness (QED) is 0.105. The number of carbonyl (C=O) groups is 1. The summed E-state index contributed by atoms with van der Waals surface area (Å²) in [5.74, 6) is 0.630. The molecule has 5 rings (SSSR count). The molecule has 2 heterocycles. The summed E-state index contributed by atoms with van der Waals surface area (Å²) in [6, 6.07) is 20.9. The van der Waals surface area contributed by atoms with Gasteiger partial charge < -0.3 is 33.3 Å². The number of hydrogen-bond acceptors (Lipinski definition) is 10. The number of aryl methyl sites for hydroxylation is 1. The van der Waals surface area contributed by atoms with E-state index in [1.807, 2.05) is 19.1 Å². The molecule has 1 saturated heterocycles. The smallest absolute Gasteiger partial charge is 0.305 e. The average molecular weight is 753 g/mol. The SMILES string of the molecule is COCCCN1CCOc2ccc(CO[C@H]3CN(S(=O)(=O)c4ccc(C)cc4)[C@@H](CCC(=O)OC)C[C@@H]3c3ccc(COCC(C)COC)cc3)cc21. The van der Waals surface area contributed by atoms with Crippen molar-refractivity contribution in [1.82, 2.24) is 4.31 Å². The molecule has 11 nitrogen and oxygen atoms in total. The van der Waals surface area contributed by atoms with Crippen LogP contribution in [0.15, 0.2) is 71.6 Å². The van der Waals surface area contributed by atoms with Gasteiger partial charge in [-0.05, 0) is 67.1 Å². The van der Waals surface area contributed by atoms with E-state index in [-0.39, 0.29) is 36.4 Å². The normalized spacial score (nSPS) is 19.7. The molecular weight excluding hydrogens is 697 g/mol. The second-order valence-electron chi connectivity index (χ2n) is 14.1. The van der Waals surface area contributed by atoms with Crippen molar-refractivity contribution in [2.24, 2.45) is 5.92 Å². The fourth-order valence-electron chi connectivity index (χ4n) is 7.14. The van der Waals surface area contributed by atoms with Gasteiger partial charge >= 0.3 is 5.97 Å². The molecule has 3 aromatic rings. The summed E-state index contributed by atoms with van der Waals surface area (Å²) in [6.45, 7) is 9.10. The predicted molar refractivity (Wildman–Crippen MR) is 204 cm³/mol. The predicted octanol–water partition coefficient (Wildman–Crippen LogP) is 6.11. The van der Waals surface area contributed by atoms with Crippen LogP contribution in [0.2, 0.25) is 0 Å². The molecule has 1 unspecified atom stereocenters. The number of piperidine rings is 1. The number of methoxy groups -OCH3 is 3. The topological polar surface area (TPSA) is 113 Å². The number of rotatable bonds is 19. The first-order valence-corrected chi connectivity index (χ1v) is 20.0. The molecule has 0 aliphatic carbocycles. The maximum Gasteiger partial charge on any atom is 0.305 e. The van der Waals surface area contributed by atoms with Crippen molar-refractivity contribution in [3.05, 3.63) is 89.0 Å². The Kier molecular flexibility index (Phi) is 15.1. The van der Waals surface area contributed by atoms with Crippen LogP contribution in [0, 0.1) is 12.8 Å². The summed E-state index contributed by atoms with van der Waals surface area (Å²) in [6.07, 6.45) is 1.35. The number of hydrogen-bond donors (Lipinski definition) is 0. The van der Waals surface area contributed by atoms with Gasteiger partial charge in [0.1, 0.15) is 12.4 Å². The van der Waals surface area contributed by atoms with Gasteiger partial charge in [-0.2, -0.15) is 4.31 Å². The third-order valence-electron chi connectivity index (χ3n) is 10.0. The molecule has 2 aliphatic rings. The van der Waals surface area contributed by atoms with E-state index >= 15 is 0 Å². The standard InChI is InChI=1S/C41H56N2O9S/c1-30-7-15-36(16-8-30)53(45,46)43-25-40(52-29-33-11-17-39-38(23-33)42(20-22-51-39)19-6-21-47-3)37(24-35(43)14-18-41(44)49-5)34-12-9-32(10-13-34)28-50-27-31(2)26-48-4/h7-13,15-17,23,31,35,37,40H,6,14,18-22,24-29H2,1-5H3/t31?,35-,37+,40-/m0/s1. The van der Waals surface area contributed by atoms with Crippen LogP contribution in [-0.2, 0) is 51.7 Å². The molecule has 0 saturated carbocycles. The highest BCUT2D eigenvalue weighted by Crippen LogP contribution is 2.39. The molecule has 4 atom stereocenters. The van der Waals surface area contributed by atoms with Crippen molar-refractivity contribution < 1.29 is 41.6 Å². The monoisotopic (exact) mass is 752 g/mol. The molecule has 0 spiro atoms. The molecule has 53 heavy (non-hydrogen) atoms. The van der Waals surface area contributed by atoms with Crippen molar-refractivity contribution in [1.29, 1.82) is 0 Å². The third-order valence-corrected chi connectivity index (χ3v) is 12.0. The Labute approximate surface area is 315 Å². The summed E-state index contributed by atoms with van der Waals surface area (Å²) >= 11 is 0. The average Bonchev–Trinajstić information content (AvgIpc) is 3.16. The minimum absolute atomic E-state index is 0.106. The lowest BCUT2D eigenvalue weighted by Crippen LogP contribution is -2.52. The van der Waals surface area contributed by atoms with E-state index < -0.39 is 22.2 Å². The van der Waals surface area contributed by atoms with Crippen LogP contribution in [-0.4, -0.2) is 98.2 Å². The van der Waals surface area contributed by atoms with Crippen LogP contribution in [0.1, 0.15) is 60.8 Å². The second-order valence-corrected chi connectivity index (χ2v) is 16.0. The van der Waals surface area contributed by atoms with E-state index in [0.29, 0.717) is 51.8 Å². The number of carbonyl (C=O) groups excluding carboxylic acids is 1. The number of esters is 1. The van der Waals surface area contributed by atoms with Gasteiger partial charge in [0, 0.05) is 58.2 Å². The Morgan fingerprint density at radius 3 is 2.42 bits per heavy atom. The molecule has 12 heteroatoms. The zero-order valence-corrected chi connectivity index (χ0v) is 32.6. The summed E-state index contributed by atoms with van der Waals surface area (Å²) < 4.78 is 64.4. The Bertz CT molecular complexity index is 1700. The molecule has 0 amide bonds. The van der Waals surface area contributed by atoms with E-state index in [4.69, 9.17) is 28.4 Å². The van der Waals surface area contributed by atoms with Gasteiger partial charge in [-0.25, -0.2) is 8.42 Å². The van der Waals surface area contributed by atoms with Gasteiger partial charge in [0.2, 0.25) is 10.0 Å². The maximum absolute atomic E-state index is 14.3. The number of nitrogens with zero attached hydrogens (tertiary/aromatic N) is 2. The number of anilines is 1. The lowest BCUT2D eigenvalue weighted by molar-refractivity contribution is -0.141. The van der Waals surface area contributed by atoms with Crippen LogP contribution in [0.3, 0.4) is 0 Å². The zero-order chi connectivity index (χ0) is 37.8. The molecule has 2 aliphatic heterocycles. The van der Waals surface area contributed by atoms with Crippen molar-refractivity contribution >= 4 is 21.7 Å². The Balaban J connectivity index is 1.42. The Morgan fingerprint density at radius 2 is 1.70 bits per heavy atom. The highest BCUT2D eigenvalue weighted by Gasteiger charge is 2.43. The van der Waals surface area contributed by atoms with Crippen molar-refractivity contribution in [2.75, 3.05) is 72.3 Å². The van der Waals surface area contributed by atoms with Crippen molar-refractivity contribution in [2.45, 2.75) is 75.7 Å². The summed E-state index contributed by atoms with van der Waals surface area (Å²) in [5.41, 5.74) is 5.06. The van der Waals surface area contributed by atoms with Gasteiger partial charge in [-0.15, -0.1) is 0 Å². The summed E-state index contributed by atoms with van der Waals surface area (Å²) in [4.78, 5) is 14.9. The second kappa shape index (κ2) is 19.7. The van der Waals surface area contributed by atoms with E-state index in [0.717, 1.165) is 53.2 Å². The molecule has 3 aromatic carbocycles. The van der Waals surface area contributed by atoms with Crippen LogP contribution in [0.5, 0.6) is 5.75 Å². The summed E-state index contributed by atoms with van der Waals surface area (Å²) in [7, 11) is 0.836. The van der Waals surface area contributed by atoms with E-state index in [1.165, 1.54) is 7.11 Å². The molecule has 1 fully saturated rings. The van der Waals surface area contributed by atoms with Crippen molar-refractivity contribution in [3.63, 3.8) is 0 Å². The van der Waals surface area contributed by atoms with Gasteiger partial charge in [-0.1, -0.05) is 55.0 Å². The molecule has 290 valence electrons. The Morgan fingerprint density at radius 1 is 0.943 bits per heavy atom. The Hall–Kier alpha value is -3.52. The zero-order valence-electron chi connectivity index (χ0n) is 31.8. The number of benzene rings is 3. The van der Waals surface area contributed by atoms with Crippen LogP contribution < -0.4 is 9.64 Å². The number of sulfonamides is 1. The lowest BCUT2D eigenvalue weighted by Gasteiger charge is -2.43. The first-order valence-electron chi connectivity index (χ1n) is 18.5. The fourth-order valence-corrected chi connectivity index (χ4v) is 8.82. The first-order chi connectivity index (χ1) is 25.6. The summed E-state index contributed by atoms with van der Waals surface area (Å²) in [5, 5.41) is 0. The minimum Gasteiger partial charge on any atom is -0.490 e. The molecular formula is C41H56N2O9S. The van der Waals surface area contributed by atoms with E-state index in [1.54, 1.807) is 42.8 Å². The fraction of sp³-hybridized carbons (Fsp3) is 0.537. The third kappa shape index (κ3) is 11.0. The van der Waals surface area contributed by atoms with Gasteiger partial charge in [0.25, 0.3) is 0 Å². The van der Waals surface area contributed by atoms with Crippen LogP contribution in [0.4, 0.5) is 5.69 Å². The highest BCUT2D eigenvalue weighted by molar-refractivity contribution is 7.89. The van der Waals surface area contributed by atoms with Crippen molar-refractivity contribution in [3.8, 4) is 5.75 Å². The first kappa shape index (κ1) is 40.7. The highest BCUT2D eigenvalue weighted by atomic mass is 32.2. The number of ether oxygens (including phenoxy) is 6. The van der Waals surface area contributed by atoms with Gasteiger partial charge in [-0.3, -0.25) is 4.79 Å². The van der Waals surface area contributed by atoms with Crippen LogP contribution in [0.25, 0.3) is 0 Å². The number of fused-ring (bicyclic) bond motifs is 1. The minimum atomic E-state index is -3.92. The maximum atomic E-state index is 14.3. The lowest BCUT2D eigenvalue weighted by atomic mass is 9.82.